The molecule has 5 aromatic carbocycles. The van der Waals surface area contributed by atoms with Crippen LogP contribution in [-0.2, 0) is 4.74 Å². The highest BCUT2D eigenvalue weighted by Crippen LogP contribution is 2.26. The number of carbonyl (C=O) groups is 2. The van der Waals surface area contributed by atoms with Gasteiger partial charge in [-0.05, 0) is 115 Å². The summed E-state index contributed by atoms with van der Waals surface area (Å²) in [6.45, 7) is 10.3. The van der Waals surface area contributed by atoms with E-state index in [9.17, 15) is 9.59 Å². The number of halogens is 3. The summed E-state index contributed by atoms with van der Waals surface area (Å²) in [5.74, 6) is 0.0983. The minimum Gasteiger partial charge on any atom is -0.380 e. The number of benzene rings is 5. The van der Waals surface area contributed by atoms with E-state index in [1.807, 2.05) is 112 Å². The summed E-state index contributed by atoms with van der Waals surface area (Å²) >= 11 is 10.2. The summed E-state index contributed by atoms with van der Waals surface area (Å²) in [6, 6.07) is 35.6. The molecular formula is C52H50Br3N5O3. The number of methoxy groups -OCH3 is 1. The molecule has 4 heterocycles. The van der Waals surface area contributed by atoms with Crippen molar-refractivity contribution in [2.45, 2.75) is 40.7 Å². The number of aryl methyl sites for hydroxylation is 3. The smallest absolute Gasteiger partial charge is 0.160 e. The number of pyridine rings is 4. The molecule has 322 valence electrons. The summed E-state index contributed by atoms with van der Waals surface area (Å²) in [5, 5.41) is 9.38. The van der Waals surface area contributed by atoms with Crippen LogP contribution in [-0.4, -0.2) is 51.8 Å². The summed E-state index contributed by atoms with van der Waals surface area (Å²) in [4.78, 5) is 37.8. The Morgan fingerprint density at radius 3 is 1.56 bits per heavy atom. The molecule has 2 N–H and O–H groups in total. The second kappa shape index (κ2) is 26.2. The quantitative estimate of drug-likeness (QED) is 0.137. The number of nitrogens with two attached hydrogens (primary N) is 1. The summed E-state index contributed by atoms with van der Waals surface area (Å²) in [7, 11) is 1.65. The highest BCUT2D eigenvalue weighted by atomic mass is 79.9. The number of rotatable bonds is 4. The molecule has 0 saturated heterocycles. The van der Waals surface area contributed by atoms with E-state index in [4.69, 9.17) is 10.5 Å². The molecule has 4 aromatic heterocycles. The molecule has 63 heavy (non-hydrogen) atoms. The van der Waals surface area contributed by atoms with Crippen molar-refractivity contribution in [1.29, 1.82) is 0 Å². The molecule has 9 aromatic rings. The minimum atomic E-state index is 0.0983. The predicted molar refractivity (Wildman–Crippen MR) is 272 cm³/mol. The standard InChI is InChI=1S/C12H11NO.C10H8BrN.C10H9N.C9H6BrN.C7H5BrO.C4H11NO/c1-8-3-4-10(9(2)14)11-5-6-13-7-12(8)11;1-7-2-3-10(11)8-4-5-12-6-9(7)8;1-8-3-2-4-9-5-6-11-7-10(8)9;10-9-3-1-2-7-4-5-11-6-8(7)9;8-7-4-2-1-3-6(7)5-9;1-4(3-5)6-2/h3-7H,1-2H3;2-6H,1H3;2-7H,1H3;1-6H;1-5H;4H,3,5H2,1-2H3. The number of fused-ring (bicyclic) bond motifs is 4. The van der Waals surface area contributed by atoms with Crippen LogP contribution in [0.2, 0.25) is 0 Å². The maximum atomic E-state index is 11.4. The Morgan fingerprint density at radius 2 is 1.05 bits per heavy atom. The Hall–Kier alpha value is -5.56. The Morgan fingerprint density at radius 1 is 0.571 bits per heavy atom. The molecule has 1 atom stereocenters. The lowest BCUT2D eigenvalue weighted by Crippen LogP contribution is -2.17. The molecular weight excluding hydrogens is 982 g/mol. The molecule has 0 fully saturated rings. The number of carbonyl (C=O) groups excluding carboxylic acids is 2. The first-order valence-corrected chi connectivity index (χ1v) is 22.3. The van der Waals surface area contributed by atoms with Crippen LogP contribution in [0.5, 0.6) is 0 Å². The number of hydrogen-bond acceptors (Lipinski definition) is 8. The molecule has 0 aliphatic heterocycles. The molecule has 0 aliphatic carbocycles. The van der Waals surface area contributed by atoms with Crippen LogP contribution >= 0.6 is 47.8 Å². The number of nitrogens with zero attached hydrogens (tertiary/aromatic N) is 4. The average molecular weight is 1030 g/mol. The Bertz CT molecular complexity index is 2760. The Labute approximate surface area is 394 Å². The average Bonchev–Trinajstić information content (AvgIpc) is 3.32. The fourth-order valence-electron chi connectivity index (χ4n) is 5.94. The number of aromatic nitrogens is 4. The lowest BCUT2D eigenvalue weighted by Gasteiger charge is -2.05. The highest BCUT2D eigenvalue weighted by molar-refractivity contribution is 9.11. The first-order chi connectivity index (χ1) is 30.4. The monoisotopic (exact) mass is 1030 g/mol. The maximum Gasteiger partial charge on any atom is 0.160 e. The molecule has 0 spiro atoms. The van der Waals surface area contributed by atoms with E-state index < -0.39 is 0 Å². The number of ketones is 1. The van der Waals surface area contributed by atoms with E-state index in [2.05, 4.69) is 118 Å². The second-order valence-electron chi connectivity index (χ2n) is 14.1. The molecule has 1 unspecified atom stereocenters. The van der Waals surface area contributed by atoms with Crippen molar-refractivity contribution in [2.75, 3.05) is 13.7 Å². The maximum absolute atomic E-state index is 11.4. The molecule has 0 aliphatic rings. The van der Waals surface area contributed by atoms with Gasteiger partial charge in [-0.2, -0.15) is 0 Å². The molecule has 11 heteroatoms. The second-order valence-corrected chi connectivity index (χ2v) is 16.7. The van der Waals surface area contributed by atoms with Crippen molar-refractivity contribution >= 4 is 103 Å². The van der Waals surface area contributed by atoms with Gasteiger partial charge in [0.15, 0.2) is 12.1 Å². The number of ether oxygens (including phenoxy) is 1. The van der Waals surface area contributed by atoms with Crippen LogP contribution in [0.1, 0.15) is 51.3 Å². The molecule has 0 radical (unpaired) electrons. The molecule has 0 bridgehead atoms. The third kappa shape index (κ3) is 15.0. The topological polar surface area (TPSA) is 121 Å². The van der Waals surface area contributed by atoms with Gasteiger partial charge >= 0.3 is 0 Å². The highest BCUT2D eigenvalue weighted by Gasteiger charge is 2.06. The Kier molecular flexibility index (Phi) is 20.8. The van der Waals surface area contributed by atoms with Crippen LogP contribution in [0, 0.1) is 20.8 Å². The van der Waals surface area contributed by atoms with E-state index in [0.717, 1.165) is 47.0 Å². The normalized spacial score (nSPS) is 10.6. The molecule has 9 rings (SSSR count). The largest absolute Gasteiger partial charge is 0.380 e. The van der Waals surface area contributed by atoms with E-state index in [-0.39, 0.29) is 11.9 Å². The van der Waals surface area contributed by atoms with Gasteiger partial charge in [-0.3, -0.25) is 29.5 Å². The van der Waals surface area contributed by atoms with Crippen molar-refractivity contribution < 1.29 is 14.3 Å². The molecule has 0 saturated carbocycles. The third-order valence-electron chi connectivity index (χ3n) is 9.70. The fourth-order valence-corrected chi connectivity index (χ4v) is 7.28. The van der Waals surface area contributed by atoms with E-state index in [0.29, 0.717) is 12.1 Å². The lowest BCUT2D eigenvalue weighted by molar-refractivity contribution is 0.101. The van der Waals surface area contributed by atoms with E-state index in [1.165, 1.54) is 38.1 Å². The van der Waals surface area contributed by atoms with Gasteiger partial charge in [-0.1, -0.05) is 115 Å². The van der Waals surface area contributed by atoms with Gasteiger partial charge in [0, 0.05) is 109 Å². The Balaban J connectivity index is 0.000000169. The third-order valence-corrected chi connectivity index (χ3v) is 11.8. The number of aldehydes is 1. The van der Waals surface area contributed by atoms with Crippen molar-refractivity contribution in [1.82, 2.24) is 19.9 Å². The fraction of sp³-hybridized carbons (Fsp3) is 0.154. The van der Waals surface area contributed by atoms with Crippen LogP contribution < -0.4 is 5.73 Å². The van der Waals surface area contributed by atoms with E-state index in [1.54, 1.807) is 38.7 Å². The van der Waals surface area contributed by atoms with Crippen LogP contribution in [0.4, 0.5) is 0 Å². The van der Waals surface area contributed by atoms with Gasteiger partial charge in [0.2, 0.25) is 0 Å². The van der Waals surface area contributed by atoms with Crippen molar-refractivity contribution in [3.05, 3.63) is 200 Å². The zero-order chi connectivity index (χ0) is 45.7. The van der Waals surface area contributed by atoms with Gasteiger partial charge in [0.05, 0.1) is 6.10 Å². The minimum absolute atomic E-state index is 0.0983. The molecule has 0 amide bonds. The van der Waals surface area contributed by atoms with E-state index >= 15 is 0 Å². The van der Waals surface area contributed by atoms with Crippen LogP contribution in [0.3, 0.4) is 0 Å². The van der Waals surface area contributed by atoms with Crippen molar-refractivity contribution in [2.24, 2.45) is 5.73 Å². The first-order valence-electron chi connectivity index (χ1n) is 19.9. The van der Waals surface area contributed by atoms with Gasteiger partial charge in [-0.15, -0.1) is 0 Å². The predicted octanol–water partition coefficient (Wildman–Crippen LogP) is 13.8. The summed E-state index contributed by atoms with van der Waals surface area (Å²) in [6.07, 6.45) is 15.7. The number of Topliss-reactive ketones (excluding diaryl/α,β-unsaturated/α-hetero) is 1. The summed E-state index contributed by atoms with van der Waals surface area (Å²) in [5.41, 5.74) is 10.3. The SMILES string of the molecule is Brc1cccc2ccncc12.CC(=O)c1ccc(C)c2cnccc12.COC(C)CN.Cc1ccc(Br)c2ccncc12.Cc1cccc2ccncc12.O=Cc1ccccc1Br. The van der Waals surface area contributed by atoms with Crippen molar-refractivity contribution in [3.8, 4) is 0 Å². The zero-order valence-corrected chi connectivity index (χ0v) is 40.9. The van der Waals surface area contributed by atoms with Gasteiger partial charge in [0.1, 0.15) is 0 Å². The van der Waals surface area contributed by atoms with Gasteiger partial charge in [0.25, 0.3) is 0 Å². The van der Waals surface area contributed by atoms with Crippen LogP contribution in [0.25, 0.3) is 43.1 Å². The molecule has 8 nitrogen and oxygen atoms in total. The zero-order valence-electron chi connectivity index (χ0n) is 36.1. The lowest BCUT2D eigenvalue weighted by atomic mass is 10.0. The van der Waals surface area contributed by atoms with Gasteiger partial charge < -0.3 is 10.5 Å². The van der Waals surface area contributed by atoms with Crippen molar-refractivity contribution in [3.63, 3.8) is 0 Å². The van der Waals surface area contributed by atoms with Gasteiger partial charge in [-0.25, -0.2) is 0 Å². The number of hydrogen-bond donors (Lipinski definition) is 1. The van der Waals surface area contributed by atoms with Crippen LogP contribution in [0.15, 0.2) is 172 Å². The summed E-state index contributed by atoms with van der Waals surface area (Å²) < 4.78 is 7.85. The first kappa shape index (κ1) is 50.1.